The van der Waals surface area contributed by atoms with Crippen molar-refractivity contribution in [2.24, 2.45) is 5.41 Å². The number of halogens is 2. The van der Waals surface area contributed by atoms with Crippen LogP contribution in [0.25, 0.3) is 0 Å². The van der Waals surface area contributed by atoms with Crippen molar-refractivity contribution in [3.05, 3.63) is 29.8 Å². The van der Waals surface area contributed by atoms with Crippen molar-refractivity contribution in [1.82, 2.24) is 5.32 Å². The largest absolute Gasteiger partial charge is 0.356 e. The van der Waals surface area contributed by atoms with Gasteiger partial charge in [0, 0.05) is 12.2 Å². The maximum Gasteiger partial charge on any atom is 0.233 e. The summed E-state index contributed by atoms with van der Waals surface area (Å²) >= 11 is 12.0. The first-order valence-corrected chi connectivity index (χ1v) is 7.59. The van der Waals surface area contributed by atoms with Crippen molar-refractivity contribution >= 4 is 40.7 Å². The number of benzene rings is 1. The zero-order chi connectivity index (χ0) is 15.7. The van der Waals surface area contributed by atoms with Crippen LogP contribution in [-0.2, 0) is 16.0 Å². The van der Waals surface area contributed by atoms with Crippen molar-refractivity contribution in [3.63, 3.8) is 0 Å². The molecule has 4 nitrogen and oxygen atoms in total. The molecule has 114 valence electrons. The smallest absolute Gasteiger partial charge is 0.233 e. The predicted molar refractivity (Wildman–Crippen MR) is 84.6 cm³/mol. The Bertz CT molecular complexity index is 557. The average molecular weight is 329 g/mol. The van der Waals surface area contributed by atoms with Gasteiger partial charge in [-0.05, 0) is 38.0 Å². The second-order valence-corrected chi connectivity index (χ2v) is 6.98. The highest BCUT2D eigenvalue weighted by Gasteiger charge is 2.67. The average Bonchev–Trinajstić information content (AvgIpc) is 2.93. The van der Waals surface area contributed by atoms with Gasteiger partial charge in [0.25, 0.3) is 0 Å². The van der Waals surface area contributed by atoms with E-state index in [9.17, 15) is 9.59 Å². The summed E-state index contributed by atoms with van der Waals surface area (Å²) in [5, 5.41) is 5.54. The fourth-order valence-corrected chi connectivity index (χ4v) is 2.77. The molecule has 0 bridgehead atoms. The summed E-state index contributed by atoms with van der Waals surface area (Å²) in [6.07, 6.45) is 0.774. The summed E-state index contributed by atoms with van der Waals surface area (Å²) in [6.45, 7) is 4.23. The predicted octanol–water partition coefficient (Wildman–Crippen LogP) is 2.89. The number of hydrogen-bond acceptors (Lipinski definition) is 2. The normalized spacial score (nSPS) is 22.5. The summed E-state index contributed by atoms with van der Waals surface area (Å²) in [6, 6.07) is 7.16. The zero-order valence-electron chi connectivity index (χ0n) is 12.0. The van der Waals surface area contributed by atoms with E-state index in [-0.39, 0.29) is 11.8 Å². The molecule has 1 unspecified atom stereocenters. The van der Waals surface area contributed by atoms with Gasteiger partial charge in [0.1, 0.15) is 4.33 Å². The lowest BCUT2D eigenvalue weighted by atomic mass is 10.1. The van der Waals surface area contributed by atoms with Gasteiger partial charge in [-0.3, -0.25) is 9.59 Å². The minimum absolute atomic E-state index is 0.0196. The molecule has 2 amide bonds. The maximum atomic E-state index is 12.1. The van der Waals surface area contributed by atoms with Crippen molar-refractivity contribution in [3.8, 4) is 0 Å². The molecule has 1 saturated carbocycles. The highest BCUT2D eigenvalue weighted by molar-refractivity contribution is 6.53. The van der Waals surface area contributed by atoms with Crippen molar-refractivity contribution in [1.29, 1.82) is 0 Å². The number of amides is 2. The van der Waals surface area contributed by atoms with Crippen LogP contribution in [0.1, 0.15) is 25.8 Å². The number of rotatable bonds is 5. The topological polar surface area (TPSA) is 58.2 Å². The maximum absolute atomic E-state index is 12.1. The number of alkyl halides is 2. The Labute approximate surface area is 134 Å². The van der Waals surface area contributed by atoms with Crippen LogP contribution in [0.3, 0.4) is 0 Å². The van der Waals surface area contributed by atoms with Crippen LogP contribution in [0, 0.1) is 5.41 Å². The Morgan fingerprint density at radius 1 is 1.24 bits per heavy atom. The third-order valence-electron chi connectivity index (χ3n) is 3.71. The summed E-state index contributed by atoms with van der Waals surface area (Å²) in [5.41, 5.74) is 0.813. The molecule has 0 aromatic heterocycles. The van der Waals surface area contributed by atoms with Crippen LogP contribution in [0.4, 0.5) is 5.69 Å². The molecule has 21 heavy (non-hydrogen) atoms. The quantitative estimate of drug-likeness (QED) is 0.816. The molecule has 1 fully saturated rings. The molecule has 0 spiro atoms. The monoisotopic (exact) mass is 328 g/mol. The van der Waals surface area contributed by atoms with Crippen LogP contribution in [0.5, 0.6) is 0 Å². The third-order valence-corrected chi connectivity index (χ3v) is 4.81. The molecule has 0 radical (unpaired) electrons. The molecule has 0 saturated heterocycles. The number of nitrogens with one attached hydrogen (secondary N) is 2. The van der Waals surface area contributed by atoms with E-state index in [1.165, 1.54) is 0 Å². The summed E-state index contributed by atoms with van der Waals surface area (Å²) in [7, 11) is 0. The minimum atomic E-state index is -0.977. The summed E-state index contributed by atoms with van der Waals surface area (Å²) in [4.78, 5) is 23.6. The first-order valence-electron chi connectivity index (χ1n) is 6.83. The Kier molecular flexibility index (Phi) is 4.49. The number of likely N-dealkylation sites (N-methyl/N-ethyl adjacent to an activating group) is 1. The Morgan fingerprint density at radius 3 is 2.29 bits per heavy atom. The lowest BCUT2D eigenvalue weighted by Gasteiger charge is -2.13. The van der Waals surface area contributed by atoms with Gasteiger partial charge in [-0.25, -0.2) is 0 Å². The molecule has 1 atom stereocenters. The molecule has 6 heteroatoms. The van der Waals surface area contributed by atoms with Crippen LogP contribution in [-0.4, -0.2) is 22.7 Å². The first kappa shape index (κ1) is 16.1. The van der Waals surface area contributed by atoms with E-state index in [0.29, 0.717) is 25.1 Å². The van der Waals surface area contributed by atoms with Gasteiger partial charge < -0.3 is 10.6 Å². The Balaban J connectivity index is 1.94. The molecular formula is C15H18Cl2N2O2. The third kappa shape index (κ3) is 3.50. The van der Waals surface area contributed by atoms with E-state index < -0.39 is 9.75 Å². The fourth-order valence-electron chi connectivity index (χ4n) is 2.07. The molecular weight excluding hydrogens is 311 g/mol. The van der Waals surface area contributed by atoms with Gasteiger partial charge >= 0.3 is 0 Å². The number of carbonyl (C=O) groups is 2. The molecule has 1 aromatic carbocycles. The van der Waals surface area contributed by atoms with Gasteiger partial charge in [-0.15, -0.1) is 23.2 Å². The Hall–Kier alpha value is -1.26. The van der Waals surface area contributed by atoms with Gasteiger partial charge in [0.15, 0.2) is 0 Å². The second-order valence-electron chi connectivity index (χ2n) is 5.49. The molecule has 1 aliphatic rings. The van der Waals surface area contributed by atoms with E-state index in [4.69, 9.17) is 23.2 Å². The van der Waals surface area contributed by atoms with Gasteiger partial charge in [-0.2, -0.15) is 0 Å². The molecule has 0 heterocycles. The van der Waals surface area contributed by atoms with Crippen molar-refractivity contribution < 1.29 is 9.59 Å². The van der Waals surface area contributed by atoms with E-state index in [2.05, 4.69) is 10.6 Å². The molecule has 1 aromatic rings. The van der Waals surface area contributed by atoms with Crippen LogP contribution < -0.4 is 10.6 Å². The van der Waals surface area contributed by atoms with Crippen molar-refractivity contribution in [2.45, 2.75) is 31.0 Å². The summed E-state index contributed by atoms with van der Waals surface area (Å²) in [5.74, 6) is -0.210. The van der Waals surface area contributed by atoms with Crippen molar-refractivity contribution in [2.75, 3.05) is 11.9 Å². The lowest BCUT2D eigenvalue weighted by Crippen LogP contribution is -2.26. The number of hydrogen-bond donors (Lipinski definition) is 2. The minimum Gasteiger partial charge on any atom is -0.356 e. The Morgan fingerprint density at radius 2 is 1.81 bits per heavy atom. The van der Waals surface area contributed by atoms with Crippen LogP contribution in [0.15, 0.2) is 24.3 Å². The molecule has 0 aliphatic heterocycles. The van der Waals surface area contributed by atoms with Gasteiger partial charge in [0.05, 0.1) is 11.8 Å². The van der Waals surface area contributed by atoms with Crippen LogP contribution in [0.2, 0.25) is 0 Å². The van der Waals surface area contributed by atoms with E-state index in [1.54, 1.807) is 19.1 Å². The zero-order valence-corrected chi connectivity index (χ0v) is 13.5. The standard InChI is InChI=1S/C15H18Cl2N2O2/c1-3-18-12(20)8-10-4-6-11(7-5-10)19-13(21)14(2)9-15(14,16)17/h4-7H,3,8-9H2,1-2H3,(H,18,20)(H,19,21). The van der Waals surface area contributed by atoms with Gasteiger partial charge in [0.2, 0.25) is 11.8 Å². The van der Waals surface area contributed by atoms with Crippen LogP contribution >= 0.6 is 23.2 Å². The van der Waals surface area contributed by atoms with E-state index in [1.807, 2.05) is 19.1 Å². The van der Waals surface area contributed by atoms with Gasteiger partial charge in [-0.1, -0.05) is 12.1 Å². The number of anilines is 1. The second kappa shape index (κ2) is 5.85. The highest BCUT2D eigenvalue weighted by atomic mass is 35.5. The molecule has 2 N–H and O–H groups in total. The fraction of sp³-hybridized carbons (Fsp3) is 0.467. The lowest BCUT2D eigenvalue weighted by molar-refractivity contribution is -0.121. The highest BCUT2D eigenvalue weighted by Crippen LogP contribution is 2.64. The first-order chi connectivity index (χ1) is 9.78. The molecule has 1 aliphatic carbocycles. The summed E-state index contributed by atoms with van der Waals surface area (Å²) < 4.78 is -0.977. The van der Waals surface area contributed by atoms with E-state index in [0.717, 1.165) is 5.56 Å². The molecule has 2 rings (SSSR count). The van der Waals surface area contributed by atoms with E-state index >= 15 is 0 Å². The SMILES string of the molecule is CCNC(=O)Cc1ccc(NC(=O)C2(C)CC2(Cl)Cl)cc1. The number of carbonyl (C=O) groups excluding carboxylic acids is 2.